The SMILES string of the molecule is CCC(C)(CC)N1CCC(=O)NCC1=O. The molecule has 1 aliphatic rings. The Balaban J connectivity index is 2.82. The molecule has 1 rings (SSSR count). The highest BCUT2D eigenvalue weighted by Gasteiger charge is 2.33. The highest BCUT2D eigenvalue weighted by Crippen LogP contribution is 2.24. The molecule has 1 N–H and O–H groups in total. The normalized spacial score (nSPS) is 18.7. The Morgan fingerprint density at radius 1 is 1.33 bits per heavy atom. The van der Waals surface area contributed by atoms with E-state index in [9.17, 15) is 9.59 Å². The Bertz CT molecular complexity index is 259. The van der Waals surface area contributed by atoms with E-state index < -0.39 is 0 Å². The Labute approximate surface area is 91.0 Å². The standard InChI is InChI=1S/C11H20N2O2/c1-4-11(3,5-2)13-7-6-9(14)12-8-10(13)15/h4-8H2,1-3H3,(H,12,14). The van der Waals surface area contributed by atoms with E-state index in [1.54, 1.807) is 0 Å². The fraction of sp³-hybridized carbons (Fsp3) is 0.818. The lowest BCUT2D eigenvalue weighted by molar-refractivity contribution is -0.135. The highest BCUT2D eigenvalue weighted by atomic mass is 16.2. The number of hydrogen-bond acceptors (Lipinski definition) is 2. The van der Waals surface area contributed by atoms with E-state index in [-0.39, 0.29) is 23.9 Å². The summed E-state index contributed by atoms with van der Waals surface area (Å²) in [4.78, 5) is 24.9. The van der Waals surface area contributed by atoms with Crippen molar-refractivity contribution in [1.29, 1.82) is 0 Å². The van der Waals surface area contributed by atoms with Crippen molar-refractivity contribution < 1.29 is 9.59 Å². The van der Waals surface area contributed by atoms with E-state index in [1.807, 2.05) is 4.90 Å². The Morgan fingerprint density at radius 2 is 1.93 bits per heavy atom. The Morgan fingerprint density at radius 3 is 2.47 bits per heavy atom. The summed E-state index contributed by atoms with van der Waals surface area (Å²) in [7, 11) is 0. The third-order valence-corrected chi connectivity index (χ3v) is 3.48. The van der Waals surface area contributed by atoms with Crippen LogP contribution in [0.3, 0.4) is 0 Å². The summed E-state index contributed by atoms with van der Waals surface area (Å²) >= 11 is 0. The van der Waals surface area contributed by atoms with Crippen LogP contribution < -0.4 is 5.32 Å². The molecule has 0 spiro atoms. The molecule has 0 aromatic heterocycles. The molecule has 0 aliphatic carbocycles. The predicted octanol–water partition coefficient (Wildman–Crippen LogP) is 0.914. The van der Waals surface area contributed by atoms with Gasteiger partial charge in [0.2, 0.25) is 11.8 Å². The first-order valence-corrected chi connectivity index (χ1v) is 5.60. The van der Waals surface area contributed by atoms with Gasteiger partial charge in [0.1, 0.15) is 0 Å². The van der Waals surface area contributed by atoms with E-state index in [4.69, 9.17) is 0 Å². The largest absolute Gasteiger partial charge is 0.347 e. The van der Waals surface area contributed by atoms with E-state index in [0.29, 0.717) is 13.0 Å². The van der Waals surface area contributed by atoms with E-state index in [1.165, 1.54) is 0 Å². The Hall–Kier alpha value is -1.06. The van der Waals surface area contributed by atoms with Gasteiger partial charge >= 0.3 is 0 Å². The number of hydrogen-bond donors (Lipinski definition) is 1. The van der Waals surface area contributed by atoms with Crippen molar-refractivity contribution in [2.75, 3.05) is 13.1 Å². The predicted molar refractivity (Wildman–Crippen MR) is 58.3 cm³/mol. The minimum Gasteiger partial charge on any atom is -0.347 e. The lowest BCUT2D eigenvalue weighted by Gasteiger charge is -2.39. The minimum absolute atomic E-state index is 0.0274. The summed E-state index contributed by atoms with van der Waals surface area (Å²) < 4.78 is 0. The molecule has 86 valence electrons. The zero-order valence-corrected chi connectivity index (χ0v) is 9.80. The number of amides is 2. The van der Waals surface area contributed by atoms with Crippen LogP contribution in [0.15, 0.2) is 0 Å². The third-order valence-electron chi connectivity index (χ3n) is 3.48. The van der Waals surface area contributed by atoms with Crippen LogP contribution in [-0.4, -0.2) is 35.3 Å². The maximum absolute atomic E-state index is 11.8. The summed E-state index contributed by atoms with van der Waals surface area (Å²) in [5.74, 6) is 0.00690. The molecule has 0 aromatic carbocycles. The summed E-state index contributed by atoms with van der Waals surface area (Å²) in [6, 6.07) is 0. The lowest BCUT2D eigenvalue weighted by Crippen LogP contribution is -2.50. The quantitative estimate of drug-likeness (QED) is 0.756. The average molecular weight is 212 g/mol. The van der Waals surface area contributed by atoms with Crippen LogP contribution >= 0.6 is 0 Å². The Kier molecular flexibility index (Phi) is 3.72. The lowest BCUT2D eigenvalue weighted by atomic mass is 9.92. The monoisotopic (exact) mass is 212 g/mol. The van der Waals surface area contributed by atoms with Gasteiger partial charge in [-0.05, 0) is 19.8 Å². The molecule has 0 aromatic rings. The van der Waals surface area contributed by atoms with Gasteiger partial charge in [0, 0.05) is 18.5 Å². The summed E-state index contributed by atoms with van der Waals surface area (Å²) in [5, 5.41) is 2.61. The molecule has 15 heavy (non-hydrogen) atoms. The summed E-state index contributed by atoms with van der Waals surface area (Å²) in [6.07, 6.45) is 2.26. The molecule has 1 heterocycles. The highest BCUT2D eigenvalue weighted by molar-refractivity contribution is 5.87. The zero-order valence-electron chi connectivity index (χ0n) is 9.80. The van der Waals surface area contributed by atoms with Gasteiger partial charge in [-0.25, -0.2) is 0 Å². The van der Waals surface area contributed by atoms with Gasteiger partial charge in [-0.15, -0.1) is 0 Å². The number of nitrogens with one attached hydrogen (secondary N) is 1. The van der Waals surface area contributed by atoms with Crippen molar-refractivity contribution in [3.63, 3.8) is 0 Å². The number of carbonyl (C=O) groups is 2. The minimum atomic E-state index is -0.108. The van der Waals surface area contributed by atoms with Gasteiger partial charge in [0.15, 0.2) is 0 Å². The molecule has 0 atom stereocenters. The molecule has 4 heteroatoms. The number of nitrogens with zero attached hydrogens (tertiary/aromatic N) is 1. The van der Waals surface area contributed by atoms with Crippen LogP contribution in [0.4, 0.5) is 0 Å². The topological polar surface area (TPSA) is 49.4 Å². The maximum Gasteiger partial charge on any atom is 0.242 e. The van der Waals surface area contributed by atoms with Crippen LogP contribution in [0.2, 0.25) is 0 Å². The van der Waals surface area contributed by atoms with Crippen LogP contribution in [0.5, 0.6) is 0 Å². The fourth-order valence-corrected chi connectivity index (χ4v) is 1.90. The zero-order chi connectivity index (χ0) is 11.5. The number of carbonyl (C=O) groups excluding carboxylic acids is 2. The van der Waals surface area contributed by atoms with Gasteiger partial charge in [-0.3, -0.25) is 9.59 Å². The van der Waals surface area contributed by atoms with Gasteiger partial charge in [-0.2, -0.15) is 0 Å². The van der Waals surface area contributed by atoms with E-state index in [0.717, 1.165) is 12.8 Å². The maximum atomic E-state index is 11.8. The molecule has 0 bridgehead atoms. The molecule has 0 saturated carbocycles. The van der Waals surface area contributed by atoms with Crippen LogP contribution in [0.25, 0.3) is 0 Å². The van der Waals surface area contributed by atoms with Gasteiger partial charge in [0.25, 0.3) is 0 Å². The molecule has 0 radical (unpaired) electrons. The smallest absolute Gasteiger partial charge is 0.242 e. The van der Waals surface area contributed by atoms with E-state index >= 15 is 0 Å². The molecule has 1 saturated heterocycles. The molecular weight excluding hydrogens is 192 g/mol. The van der Waals surface area contributed by atoms with Crippen molar-refractivity contribution in [2.24, 2.45) is 0 Å². The number of rotatable bonds is 3. The first-order valence-electron chi connectivity index (χ1n) is 5.60. The molecule has 1 fully saturated rings. The molecular formula is C11H20N2O2. The van der Waals surface area contributed by atoms with Gasteiger partial charge in [-0.1, -0.05) is 13.8 Å². The second kappa shape index (κ2) is 4.64. The first kappa shape index (κ1) is 12.0. The average Bonchev–Trinajstić information content (AvgIpc) is 2.41. The van der Waals surface area contributed by atoms with Crippen molar-refractivity contribution in [3.8, 4) is 0 Å². The van der Waals surface area contributed by atoms with Crippen LogP contribution in [-0.2, 0) is 9.59 Å². The van der Waals surface area contributed by atoms with Crippen molar-refractivity contribution in [3.05, 3.63) is 0 Å². The van der Waals surface area contributed by atoms with Crippen LogP contribution in [0.1, 0.15) is 40.0 Å². The summed E-state index contributed by atoms with van der Waals surface area (Å²) in [5.41, 5.74) is -0.108. The van der Waals surface area contributed by atoms with Crippen LogP contribution in [0, 0.1) is 0 Å². The van der Waals surface area contributed by atoms with Crippen molar-refractivity contribution in [1.82, 2.24) is 10.2 Å². The second-order valence-electron chi connectivity index (χ2n) is 4.28. The van der Waals surface area contributed by atoms with Crippen molar-refractivity contribution >= 4 is 11.8 Å². The molecule has 2 amide bonds. The third kappa shape index (κ3) is 2.49. The first-order chi connectivity index (χ1) is 7.03. The summed E-state index contributed by atoms with van der Waals surface area (Å²) in [6.45, 7) is 6.94. The van der Waals surface area contributed by atoms with Gasteiger partial charge < -0.3 is 10.2 Å². The molecule has 0 unspecified atom stereocenters. The molecule has 4 nitrogen and oxygen atoms in total. The van der Waals surface area contributed by atoms with Gasteiger partial charge in [0.05, 0.1) is 6.54 Å². The fourth-order valence-electron chi connectivity index (χ4n) is 1.90. The van der Waals surface area contributed by atoms with E-state index in [2.05, 4.69) is 26.1 Å². The van der Waals surface area contributed by atoms with Crippen molar-refractivity contribution in [2.45, 2.75) is 45.6 Å². The molecule has 1 aliphatic heterocycles. The second-order valence-corrected chi connectivity index (χ2v) is 4.28.